The fourth-order valence-corrected chi connectivity index (χ4v) is 8.37. The fourth-order valence-electron chi connectivity index (χ4n) is 6.55. The molecule has 3 aromatic rings. The number of benzene rings is 3. The zero-order valence-corrected chi connectivity index (χ0v) is 30.7. The number of hydrogen-bond donors (Lipinski definition) is 1. The van der Waals surface area contributed by atoms with E-state index in [0.717, 1.165) is 28.2 Å². The Balaban J connectivity index is 1.54. The second-order valence-electron chi connectivity index (χ2n) is 12.8. The van der Waals surface area contributed by atoms with Crippen molar-refractivity contribution in [2.24, 2.45) is 5.73 Å². The van der Waals surface area contributed by atoms with Gasteiger partial charge < -0.3 is 38.6 Å². The predicted molar refractivity (Wildman–Crippen MR) is 195 cm³/mol. The van der Waals surface area contributed by atoms with Gasteiger partial charge in [-0.15, -0.1) is 0 Å². The monoisotopic (exact) mass is 703 g/mol. The Kier molecular flexibility index (Phi) is 13.3. The lowest BCUT2D eigenvalue weighted by atomic mass is 9.80. The minimum Gasteiger partial charge on any atom is -0.497 e. The second kappa shape index (κ2) is 17.6. The predicted octanol–water partition coefficient (Wildman–Crippen LogP) is 5.32. The molecule has 5 rings (SSSR count). The highest BCUT2D eigenvalue weighted by molar-refractivity contribution is 7.47. The van der Waals surface area contributed by atoms with E-state index in [1.165, 1.54) is 0 Å². The summed E-state index contributed by atoms with van der Waals surface area (Å²) in [6.07, 6.45) is 3.75. The summed E-state index contributed by atoms with van der Waals surface area (Å²) in [6, 6.07) is 28.3. The van der Waals surface area contributed by atoms with Gasteiger partial charge >= 0.3 is 0 Å². The molecule has 5 atom stereocenters. The van der Waals surface area contributed by atoms with Gasteiger partial charge in [-0.1, -0.05) is 60.7 Å². The molecular weight excluding hydrogens is 653 g/mol. The number of nitriles is 1. The Hall–Kier alpha value is -3.56. The molecule has 0 bridgehead atoms. The summed E-state index contributed by atoms with van der Waals surface area (Å²) in [5, 5.41) is 9.27. The average Bonchev–Trinajstić information content (AvgIpc) is 3.75. The van der Waals surface area contributed by atoms with Crippen LogP contribution >= 0.6 is 8.38 Å². The van der Waals surface area contributed by atoms with Crippen LogP contribution in [0.5, 0.6) is 11.5 Å². The number of ether oxygens (including phenoxy) is 4. The van der Waals surface area contributed by atoms with E-state index in [2.05, 4.69) is 32.9 Å². The van der Waals surface area contributed by atoms with Gasteiger partial charge in [0.1, 0.15) is 35.3 Å². The average molecular weight is 704 g/mol. The SMILES string of the molecule is COc1ccc(C(OC[C@H]2O[C@@H](N3C=CC(N)C3)C[C@H]2OP(OCCC#N)C(N(C)C)N(C)C)(c2ccccc2)c2ccc(OC)cc2)cc1. The van der Waals surface area contributed by atoms with Gasteiger partial charge in [-0.05, 0) is 75.3 Å². The summed E-state index contributed by atoms with van der Waals surface area (Å²) in [5.74, 6) is 1.34. The highest BCUT2D eigenvalue weighted by atomic mass is 31.2. The summed E-state index contributed by atoms with van der Waals surface area (Å²) in [7, 11) is 9.82. The van der Waals surface area contributed by atoms with Crippen molar-refractivity contribution in [3.05, 3.63) is 108 Å². The zero-order chi connectivity index (χ0) is 35.7. The minimum atomic E-state index is -1.50. The Morgan fingerprint density at radius 1 is 0.920 bits per heavy atom. The lowest BCUT2D eigenvalue weighted by molar-refractivity contribution is -0.100. The van der Waals surface area contributed by atoms with Gasteiger partial charge in [0.05, 0.1) is 46.0 Å². The van der Waals surface area contributed by atoms with E-state index in [1.54, 1.807) is 14.2 Å². The molecule has 12 heteroatoms. The first kappa shape index (κ1) is 37.7. The molecule has 2 heterocycles. The summed E-state index contributed by atoms with van der Waals surface area (Å²) in [5.41, 5.74) is 8.05. The lowest BCUT2D eigenvalue weighted by Crippen LogP contribution is -2.42. The van der Waals surface area contributed by atoms with Crippen LogP contribution in [-0.4, -0.2) is 107 Å². The van der Waals surface area contributed by atoms with E-state index in [-0.39, 0.29) is 43.9 Å². The summed E-state index contributed by atoms with van der Waals surface area (Å²) in [4.78, 5) is 6.28. The van der Waals surface area contributed by atoms with Crippen LogP contribution in [0.3, 0.4) is 0 Å². The van der Waals surface area contributed by atoms with Crippen LogP contribution < -0.4 is 15.2 Å². The summed E-state index contributed by atoms with van der Waals surface area (Å²) < 4.78 is 38.4. The molecule has 2 aliphatic heterocycles. The normalized spacial score (nSPS) is 21.3. The molecule has 0 amide bonds. The summed E-state index contributed by atoms with van der Waals surface area (Å²) in [6.45, 7) is 1.13. The highest BCUT2D eigenvalue weighted by Gasteiger charge is 2.46. The van der Waals surface area contributed by atoms with E-state index >= 15 is 0 Å². The smallest absolute Gasteiger partial charge is 0.205 e. The molecule has 0 spiro atoms. The Morgan fingerprint density at radius 3 is 2.00 bits per heavy atom. The topological polar surface area (TPSA) is 115 Å². The molecule has 1 fully saturated rings. The minimum absolute atomic E-state index is 0.0672. The molecule has 1 saturated heterocycles. The maximum absolute atomic E-state index is 9.27. The van der Waals surface area contributed by atoms with Gasteiger partial charge in [0, 0.05) is 19.0 Å². The molecule has 0 aliphatic carbocycles. The van der Waals surface area contributed by atoms with Crippen molar-refractivity contribution in [2.45, 2.75) is 48.8 Å². The quantitative estimate of drug-likeness (QED) is 0.0853. The van der Waals surface area contributed by atoms with Crippen LogP contribution in [-0.2, 0) is 24.1 Å². The molecule has 268 valence electrons. The van der Waals surface area contributed by atoms with Gasteiger partial charge in [0.15, 0.2) is 0 Å². The Morgan fingerprint density at radius 2 is 1.50 bits per heavy atom. The maximum atomic E-state index is 9.27. The van der Waals surface area contributed by atoms with E-state index in [4.69, 9.17) is 33.7 Å². The number of rotatable bonds is 17. The largest absolute Gasteiger partial charge is 0.497 e. The molecule has 0 saturated carbocycles. The van der Waals surface area contributed by atoms with Crippen molar-refractivity contribution < 1.29 is 28.0 Å². The third kappa shape index (κ3) is 8.65. The molecule has 0 aromatic heterocycles. The number of nitrogens with zero attached hydrogens (tertiary/aromatic N) is 4. The molecule has 11 nitrogen and oxygen atoms in total. The molecule has 0 radical (unpaired) electrons. The number of methoxy groups -OCH3 is 2. The van der Waals surface area contributed by atoms with Crippen molar-refractivity contribution in [2.75, 3.05) is 62.2 Å². The standard InChI is InChI=1S/C38H50N5O6P/c1-41(2)37(42(3)4)50(47-24-10-22-39)49-34-25-36(43-23-21-31(40)26-43)48-35(34)27-46-38(28-11-8-7-9-12-28,29-13-17-32(44-5)18-14-29)30-15-19-33(45-6)20-16-30/h7-9,11-21,23,31,34-37H,10,24-27,40H2,1-6H3/t31?,34-,35-,36-,50?/m1/s1. The fraction of sp³-hybridized carbons (Fsp3) is 0.447. The third-order valence-electron chi connectivity index (χ3n) is 8.92. The molecule has 2 aliphatic rings. The van der Waals surface area contributed by atoms with E-state index in [1.807, 2.05) is 107 Å². The van der Waals surface area contributed by atoms with Crippen molar-refractivity contribution in [1.82, 2.24) is 14.7 Å². The van der Waals surface area contributed by atoms with E-state index in [0.29, 0.717) is 13.0 Å². The lowest BCUT2D eigenvalue weighted by Gasteiger charge is -2.38. The number of nitrogens with two attached hydrogens (primary N) is 1. The van der Waals surface area contributed by atoms with Crippen LogP contribution in [0.15, 0.2) is 91.1 Å². The van der Waals surface area contributed by atoms with Gasteiger partial charge in [-0.25, -0.2) is 0 Å². The first-order valence-corrected chi connectivity index (χ1v) is 18.1. The maximum Gasteiger partial charge on any atom is 0.205 e. The summed E-state index contributed by atoms with van der Waals surface area (Å²) >= 11 is 0. The molecule has 50 heavy (non-hydrogen) atoms. The van der Waals surface area contributed by atoms with Crippen LogP contribution in [0, 0.1) is 11.3 Å². The van der Waals surface area contributed by atoms with E-state index in [9.17, 15) is 5.26 Å². The van der Waals surface area contributed by atoms with Crippen LogP contribution in [0.25, 0.3) is 0 Å². The third-order valence-corrected chi connectivity index (χ3v) is 11.1. The van der Waals surface area contributed by atoms with Crippen molar-refractivity contribution in [3.63, 3.8) is 0 Å². The second-order valence-corrected chi connectivity index (χ2v) is 14.3. The molecule has 2 N–H and O–H groups in total. The van der Waals surface area contributed by atoms with Crippen molar-refractivity contribution >= 4 is 8.38 Å². The van der Waals surface area contributed by atoms with Crippen LogP contribution in [0.1, 0.15) is 29.5 Å². The van der Waals surface area contributed by atoms with Crippen molar-refractivity contribution in [1.29, 1.82) is 5.26 Å². The zero-order valence-electron chi connectivity index (χ0n) is 29.8. The highest BCUT2D eigenvalue weighted by Crippen LogP contribution is 2.50. The van der Waals surface area contributed by atoms with E-state index < -0.39 is 20.1 Å². The first-order valence-electron chi connectivity index (χ1n) is 16.8. The Labute approximate surface area is 298 Å². The van der Waals surface area contributed by atoms with Gasteiger partial charge in [-0.3, -0.25) is 9.80 Å². The molecular formula is C38H50N5O6P. The van der Waals surface area contributed by atoms with Crippen LogP contribution in [0.4, 0.5) is 0 Å². The van der Waals surface area contributed by atoms with Crippen molar-refractivity contribution in [3.8, 4) is 17.6 Å². The number of hydrogen-bond acceptors (Lipinski definition) is 11. The first-order chi connectivity index (χ1) is 24.2. The van der Waals surface area contributed by atoms with Gasteiger partial charge in [-0.2, -0.15) is 5.26 Å². The Bertz CT molecular complexity index is 1500. The van der Waals surface area contributed by atoms with Gasteiger partial charge in [0.2, 0.25) is 8.38 Å². The van der Waals surface area contributed by atoms with Gasteiger partial charge in [0.25, 0.3) is 0 Å². The molecule has 3 aromatic carbocycles. The van der Waals surface area contributed by atoms with Crippen LogP contribution in [0.2, 0.25) is 0 Å². The molecule has 2 unspecified atom stereocenters.